The number of sulfonamides is 1. The van der Waals surface area contributed by atoms with Crippen molar-refractivity contribution >= 4 is 39.4 Å². The second kappa shape index (κ2) is 15.8. The molecule has 1 heterocycles. The molecule has 0 aliphatic rings. The number of imidazole rings is 1. The third-order valence-corrected chi connectivity index (χ3v) is 11.4. The Hall–Kier alpha value is -3.56. The van der Waals surface area contributed by atoms with E-state index in [1.165, 1.54) is 19.2 Å². The number of benzene rings is 3. The molecule has 0 radical (unpaired) electrons. The van der Waals surface area contributed by atoms with Gasteiger partial charge in [-0.1, -0.05) is 43.3 Å². The lowest BCUT2D eigenvalue weighted by Gasteiger charge is -2.28. The molecule has 0 amide bonds. The molecular formula is C35H41ClF3N4O5S2+. The highest BCUT2D eigenvalue weighted by Crippen LogP contribution is 2.39. The van der Waals surface area contributed by atoms with E-state index in [-0.39, 0.29) is 24.4 Å². The average molecular weight is 754 g/mol. The summed E-state index contributed by atoms with van der Waals surface area (Å²) in [6, 6.07) is 12.6. The van der Waals surface area contributed by atoms with Crippen molar-refractivity contribution in [3.63, 3.8) is 0 Å². The first-order valence-electron chi connectivity index (χ1n) is 15.7. The van der Waals surface area contributed by atoms with Crippen molar-refractivity contribution in [1.82, 2.24) is 13.9 Å². The second-order valence-electron chi connectivity index (χ2n) is 13.3. The van der Waals surface area contributed by atoms with Crippen molar-refractivity contribution in [2.45, 2.75) is 47.9 Å². The number of methoxy groups -OCH3 is 1. The van der Waals surface area contributed by atoms with E-state index in [0.717, 1.165) is 33.8 Å². The second-order valence-corrected chi connectivity index (χ2v) is 16.6. The fourth-order valence-corrected chi connectivity index (χ4v) is 8.07. The number of quaternary nitrogens is 1. The van der Waals surface area contributed by atoms with Gasteiger partial charge in [0.1, 0.15) is 23.2 Å². The Bertz CT molecular complexity index is 1930. The smallest absolute Gasteiger partial charge is 0.304 e. The number of carboxylic acid groups (broad SMARTS) is 1. The van der Waals surface area contributed by atoms with Gasteiger partial charge < -0.3 is 14.3 Å². The van der Waals surface area contributed by atoms with Crippen molar-refractivity contribution in [2.75, 3.05) is 47.9 Å². The molecule has 270 valence electrons. The first-order valence-corrected chi connectivity index (χ1v) is 18.5. The van der Waals surface area contributed by atoms with Crippen LogP contribution in [0.2, 0.25) is 5.02 Å². The molecule has 3 aromatic carbocycles. The van der Waals surface area contributed by atoms with Gasteiger partial charge >= 0.3 is 5.97 Å². The van der Waals surface area contributed by atoms with E-state index >= 15 is 8.78 Å². The van der Waals surface area contributed by atoms with Crippen molar-refractivity contribution in [2.24, 2.45) is 0 Å². The van der Waals surface area contributed by atoms with Crippen LogP contribution in [0.4, 0.5) is 13.2 Å². The monoisotopic (exact) mass is 753 g/mol. The van der Waals surface area contributed by atoms with Crippen molar-refractivity contribution in [1.29, 1.82) is 0 Å². The van der Waals surface area contributed by atoms with E-state index < -0.39 is 50.2 Å². The van der Waals surface area contributed by atoms with E-state index in [1.54, 1.807) is 29.0 Å². The van der Waals surface area contributed by atoms with Gasteiger partial charge in [0.05, 0.1) is 63.0 Å². The quantitative estimate of drug-likeness (QED) is 0.0960. The lowest BCUT2D eigenvalue weighted by Crippen LogP contribution is -2.39. The predicted molar refractivity (Wildman–Crippen MR) is 188 cm³/mol. The molecule has 0 saturated carbocycles. The summed E-state index contributed by atoms with van der Waals surface area (Å²) in [6.45, 7) is 4.16. The molecule has 4 rings (SSSR count). The molecule has 0 saturated heterocycles. The van der Waals surface area contributed by atoms with Gasteiger partial charge in [-0.2, -0.15) is 4.31 Å². The fraction of sp³-hybridized carbons (Fsp3) is 0.371. The van der Waals surface area contributed by atoms with Crippen LogP contribution in [0.5, 0.6) is 5.75 Å². The average Bonchev–Trinajstić information content (AvgIpc) is 3.46. The van der Waals surface area contributed by atoms with Crippen LogP contribution in [0.15, 0.2) is 70.8 Å². The third-order valence-electron chi connectivity index (χ3n) is 8.24. The van der Waals surface area contributed by atoms with Crippen LogP contribution in [-0.4, -0.2) is 85.7 Å². The number of halogens is 4. The molecule has 0 bridgehead atoms. The molecular weight excluding hydrogens is 713 g/mol. The Balaban J connectivity index is 1.67. The first kappa shape index (κ1) is 39.2. The van der Waals surface area contributed by atoms with E-state index in [9.17, 15) is 22.7 Å². The molecule has 9 nitrogen and oxygen atoms in total. The molecule has 0 fully saturated rings. The van der Waals surface area contributed by atoms with Crippen LogP contribution in [-0.2, 0) is 26.0 Å². The summed E-state index contributed by atoms with van der Waals surface area (Å²) < 4.78 is 80.9. The van der Waals surface area contributed by atoms with Gasteiger partial charge in [0.2, 0.25) is 10.0 Å². The van der Waals surface area contributed by atoms with Crippen molar-refractivity contribution in [3.8, 4) is 11.4 Å². The minimum atomic E-state index is -4.42. The Labute approximate surface area is 300 Å². The number of nitrogens with zero attached hydrogens (tertiary/aromatic N) is 4. The molecule has 15 heteroatoms. The maximum Gasteiger partial charge on any atom is 0.304 e. The number of carbonyl (C=O) groups is 1. The number of aliphatic carboxylic acids is 1. The number of carboxylic acids is 1. The van der Waals surface area contributed by atoms with Gasteiger partial charge in [-0.25, -0.2) is 26.6 Å². The Morgan fingerprint density at radius 2 is 1.68 bits per heavy atom. The van der Waals surface area contributed by atoms with Crippen molar-refractivity contribution < 1.29 is 40.7 Å². The van der Waals surface area contributed by atoms with Gasteiger partial charge in [-0.05, 0) is 54.1 Å². The number of rotatable bonds is 16. The van der Waals surface area contributed by atoms with Crippen LogP contribution in [0, 0.1) is 17.5 Å². The van der Waals surface area contributed by atoms with Gasteiger partial charge in [0, 0.05) is 41.9 Å². The summed E-state index contributed by atoms with van der Waals surface area (Å²) in [5, 5.41) is 9.98. The topological polar surface area (TPSA) is 102 Å². The van der Waals surface area contributed by atoms with Gasteiger partial charge in [-0.3, -0.25) is 9.36 Å². The highest BCUT2D eigenvalue weighted by Gasteiger charge is 2.31. The normalized spacial score (nSPS) is 12.5. The van der Waals surface area contributed by atoms with Gasteiger partial charge in [0.15, 0.2) is 5.16 Å². The zero-order valence-corrected chi connectivity index (χ0v) is 31.1. The first-order chi connectivity index (χ1) is 23.3. The maximum absolute atomic E-state index is 15.6. The van der Waals surface area contributed by atoms with Crippen LogP contribution in [0.3, 0.4) is 0 Å². The maximum atomic E-state index is 15.6. The SMILES string of the molecule is COc1cc(C(C)(C)c2cnc(SCc3c(F)cc(S(=O)(=O)N(CCC[N+](C)(C)C)CCC(=O)O)cc3F)n2-c2ccc(F)cc2)ccc1Cl. The van der Waals surface area contributed by atoms with Crippen LogP contribution >= 0.6 is 23.4 Å². The zero-order valence-electron chi connectivity index (χ0n) is 28.7. The molecule has 1 N–H and O–H groups in total. The summed E-state index contributed by atoms with van der Waals surface area (Å²) in [7, 11) is 2.89. The lowest BCUT2D eigenvalue weighted by atomic mass is 9.81. The van der Waals surface area contributed by atoms with Crippen LogP contribution < -0.4 is 4.74 Å². The zero-order chi connectivity index (χ0) is 37.0. The molecule has 0 spiro atoms. The molecule has 50 heavy (non-hydrogen) atoms. The minimum absolute atomic E-state index is 0.0144. The van der Waals surface area contributed by atoms with Gasteiger partial charge in [0.25, 0.3) is 0 Å². The van der Waals surface area contributed by atoms with Crippen LogP contribution in [0.1, 0.15) is 43.5 Å². The summed E-state index contributed by atoms with van der Waals surface area (Å²) in [6.07, 6.45) is 1.58. The number of thioether (sulfide) groups is 1. The van der Waals surface area contributed by atoms with E-state index in [4.69, 9.17) is 16.3 Å². The molecule has 0 aliphatic heterocycles. The van der Waals surface area contributed by atoms with Crippen LogP contribution in [0.25, 0.3) is 5.69 Å². The van der Waals surface area contributed by atoms with Gasteiger partial charge in [-0.15, -0.1) is 0 Å². The lowest BCUT2D eigenvalue weighted by molar-refractivity contribution is -0.870. The highest BCUT2D eigenvalue weighted by molar-refractivity contribution is 7.98. The number of hydrogen-bond acceptors (Lipinski definition) is 6. The largest absolute Gasteiger partial charge is 0.495 e. The summed E-state index contributed by atoms with van der Waals surface area (Å²) in [4.78, 5) is 15.2. The Kier molecular flexibility index (Phi) is 12.4. The fourth-order valence-electron chi connectivity index (χ4n) is 5.36. The molecule has 4 aromatic rings. The number of hydrogen-bond donors (Lipinski definition) is 1. The highest BCUT2D eigenvalue weighted by atomic mass is 35.5. The summed E-state index contributed by atoms with van der Waals surface area (Å²) >= 11 is 7.29. The molecule has 1 aromatic heterocycles. The number of aromatic nitrogens is 2. The summed E-state index contributed by atoms with van der Waals surface area (Å²) in [5.74, 6) is -3.56. The predicted octanol–water partition coefficient (Wildman–Crippen LogP) is 7.13. The molecule has 0 atom stereocenters. The van der Waals surface area contributed by atoms with E-state index in [2.05, 4.69) is 4.98 Å². The van der Waals surface area contributed by atoms with E-state index in [0.29, 0.717) is 44.8 Å². The molecule has 0 aliphatic carbocycles. The third kappa shape index (κ3) is 9.21. The standard InChI is InChI=1S/C35H40ClF3N4O5S2/c1-35(2,23-8-13-28(36)31(18-23)48-6)32-21-40-34(42(32)25-11-9-24(37)10-12-25)49-22-27-29(38)19-26(20-30(27)39)50(46,47)41(16-14-33(44)45)15-7-17-43(3,4)5/h8-13,18-21H,7,14-17,22H2,1-6H3/p+1. The summed E-state index contributed by atoms with van der Waals surface area (Å²) in [5.41, 5.74) is 1.01. The Morgan fingerprint density at radius 3 is 2.26 bits per heavy atom. The van der Waals surface area contributed by atoms with Crippen molar-refractivity contribution in [3.05, 3.63) is 100 Å². The number of ether oxygens (including phenoxy) is 1. The molecule has 0 unspecified atom stereocenters. The minimum Gasteiger partial charge on any atom is -0.495 e. The van der Waals surface area contributed by atoms with E-state index in [1.807, 2.05) is 47.1 Å². The Morgan fingerprint density at radius 1 is 1.04 bits per heavy atom.